The van der Waals surface area contributed by atoms with Crippen LogP contribution in [0.25, 0.3) is 0 Å². The Kier molecular flexibility index (Phi) is 4.41. The first kappa shape index (κ1) is 15.6. The van der Waals surface area contributed by atoms with E-state index in [0.29, 0.717) is 6.42 Å². The minimum atomic E-state index is -4.56. The zero-order chi connectivity index (χ0) is 15.5. The molecular formula is C14H17F3N2O2. The zero-order valence-electron chi connectivity index (χ0n) is 11.3. The average Bonchev–Trinajstić information content (AvgIpc) is 2.91. The highest BCUT2D eigenvalue weighted by atomic mass is 19.4. The molecule has 2 rings (SSSR count). The van der Waals surface area contributed by atoms with Gasteiger partial charge in [0.1, 0.15) is 5.75 Å². The molecule has 1 aromatic rings. The third kappa shape index (κ3) is 3.29. The Morgan fingerprint density at radius 3 is 2.52 bits per heavy atom. The molecule has 1 saturated heterocycles. The van der Waals surface area contributed by atoms with E-state index in [1.165, 1.54) is 12.1 Å². The van der Waals surface area contributed by atoms with Crippen LogP contribution in [0.1, 0.15) is 12.0 Å². The molecule has 1 heterocycles. The number of carbonyl (C=O) groups excluding carboxylic acids is 1. The number of halogens is 3. The predicted octanol–water partition coefficient (Wildman–Crippen LogP) is 1.59. The maximum Gasteiger partial charge on any atom is 0.404 e. The number of phenolic OH excluding ortho intramolecular Hbond substituents is 1. The van der Waals surface area contributed by atoms with Crippen LogP contribution < -0.4 is 10.6 Å². The van der Waals surface area contributed by atoms with Crippen molar-refractivity contribution >= 4 is 5.91 Å². The van der Waals surface area contributed by atoms with Crippen molar-refractivity contribution in [1.82, 2.24) is 10.6 Å². The van der Waals surface area contributed by atoms with E-state index in [-0.39, 0.29) is 31.8 Å². The van der Waals surface area contributed by atoms with Crippen LogP contribution in [0.3, 0.4) is 0 Å². The minimum Gasteiger partial charge on any atom is -0.508 e. The van der Waals surface area contributed by atoms with Crippen molar-refractivity contribution in [3.05, 3.63) is 29.8 Å². The summed E-state index contributed by atoms with van der Waals surface area (Å²) in [6.07, 6.45) is -4.38. The van der Waals surface area contributed by atoms with E-state index in [2.05, 4.69) is 10.6 Å². The Balaban J connectivity index is 1.93. The zero-order valence-corrected chi connectivity index (χ0v) is 11.3. The van der Waals surface area contributed by atoms with Gasteiger partial charge in [-0.1, -0.05) is 12.1 Å². The molecule has 1 aliphatic heterocycles. The van der Waals surface area contributed by atoms with Crippen molar-refractivity contribution < 1.29 is 23.1 Å². The molecule has 0 aromatic heterocycles. The molecule has 0 aliphatic carbocycles. The molecule has 0 bridgehead atoms. The molecule has 1 aromatic carbocycles. The number of hydrogen-bond donors (Lipinski definition) is 3. The van der Waals surface area contributed by atoms with Gasteiger partial charge in [-0.05, 0) is 37.1 Å². The van der Waals surface area contributed by atoms with Gasteiger partial charge in [0.2, 0.25) is 5.91 Å². The molecule has 1 amide bonds. The summed E-state index contributed by atoms with van der Waals surface area (Å²) >= 11 is 0. The predicted molar refractivity (Wildman–Crippen MR) is 70.8 cm³/mol. The number of rotatable bonds is 4. The van der Waals surface area contributed by atoms with E-state index in [0.717, 1.165) is 5.56 Å². The van der Waals surface area contributed by atoms with Crippen LogP contribution in [-0.4, -0.2) is 36.8 Å². The lowest BCUT2D eigenvalue weighted by Gasteiger charge is -2.29. The van der Waals surface area contributed by atoms with Gasteiger partial charge in [0.05, 0.1) is 0 Å². The van der Waals surface area contributed by atoms with Crippen LogP contribution in [0.4, 0.5) is 13.2 Å². The minimum absolute atomic E-state index is 0.121. The summed E-state index contributed by atoms with van der Waals surface area (Å²) in [5.74, 6) is -0.852. The van der Waals surface area contributed by atoms with Crippen molar-refractivity contribution in [2.24, 2.45) is 5.41 Å². The number of nitrogens with one attached hydrogen (secondary N) is 2. The van der Waals surface area contributed by atoms with Crippen molar-refractivity contribution in [3.8, 4) is 5.75 Å². The second-order valence-corrected chi connectivity index (χ2v) is 5.18. The van der Waals surface area contributed by atoms with Gasteiger partial charge in [-0.15, -0.1) is 0 Å². The number of amides is 1. The summed E-state index contributed by atoms with van der Waals surface area (Å²) in [5, 5.41) is 14.1. The van der Waals surface area contributed by atoms with Crippen LogP contribution in [0.15, 0.2) is 24.3 Å². The van der Waals surface area contributed by atoms with Crippen LogP contribution in [0.5, 0.6) is 5.75 Å². The number of aromatic hydroxyl groups is 1. The van der Waals surface area contributed by atoms with Crippen LogP contribution >= 0.6 is 0 Å². The summed E-state index contributed by atoms with van der Waals surface area (Å²) in [7, 11) is 0. The molecule has 0 spiro atoms. The highest BCUT2D eigenvalue weighted by molar-refractivity contribution is 5.84. The Labute approximate surface area is 120 Å². The fourth-order valence-corrected chi connectivity index (χ4v) is 2.41. The van der Waals surface area contributed by atoms with Gasteiger partial charge in [-0.25, -0.2) is 0 Å². The topological polar surface area (TPSA) is 61.4 Å². The number of phenols is 1. The number of alkyl halides is 3. The van der Waals surface area contributed by atoms with Crippen LogP contribution in [0, 0.1) is 5.41 Å². The SMILES string of the molecule is O=C(NCCc1ccc(O)cc1)C1(C(F)(F)F)CCNC1. The molecule has 1 fully saturated rings. The van der Waals surface area contributed by atoms with Crippen molar-refractivity contribution in [1.29, 1.82) is 0 Å². The molecule has 1 unspecified atom stereocenters. The fourth-order valence-electron chi connectivity index (χ4n) is 2.41. The first-order valence-corrected chi connectivity index (χ1v) is 6.69. The van der Waals surface area contributed by atoms with Gasteiger partial charge in [0.15, 0.2) is 5.41 Å². The highest BCUT2D eigenvalue weighted by Gasteiger charge is 2.61. The lowest BCUT2D eigenvalue weighted by atomic mass is 9.85. The average molecular weight is 302 g/mol. The molecule has 1 aliphatic rings. The smallest absolute Gasteiger partial charge is 0.404 e. The molecule has 1 atom stereocenters. The van der Waals surface area contributed by atoms with E-state index >= 15 is 0 Å². The Morgan fingerprint density at radius 1 is 1.33 bits per heavy atom. The second-order valence-electron chi connectivity index (χ2n) is 5.18. The first-order chi connectivity index (χ1) is 9.85. The second kappa shape index (κ2) is 5.93. The Bertz CT molecular complexity index is 494. The lowest BCUT2D eigenvalue weighted by molar-refractivity contribution is -0.215. The molecular weight excluding hydrogens is 285 g/mol. The van der Waals surface area contributed by atoms with Gasteiger partial charge in [-0.3, -0.25) is 4.79 Å². The molecule has 3 N–H and O–H groups in total. The van der Waals surface area contributed by atoms with Crippen LogP contribution in [0.2, 0.25) is 0 Å². The third-order valence-corrected chi connectivity index (χ3v) is 3.77. The van der Waals surface area contributed by atoms with E-state index < -0.39 is 17.5 Å². The van der Waals surface area contributed by atoms with Gasteiger partial charge in [0.25, 0.3) is 0 Å². The molecule has 116 valence electrons. The van der Waals surface area contributed by atoms with E-state index in [1.54, 1.807) is 12.1 Å². The number of carbonyl (C=O) groups is 1. The standard InChI is InChI=1S/C14H17F3N2O2/c15-14(16,17)13(6-8-18-9-13)12(21)19-7-5-10-1-3-11(20)4-2-10/h1-4,18,20H,5-9H2,(H,19,21). The molecule has 7 heteroatoms. The Morgan fingerprint density at radius 2 is 2.00 bits per heavy atom. The summed E-state index contributed by atoms with van der Waals surface area (Å²) in [5.41, 5.74) is -1.49. The molecule has 0 saturated carbocycles. The largest absolute Gasteiger partial charge is 0.508 e. The normalized spacial score (nSPS) is 22.2. The lowest BCUT2D eigenvalue weighted by Crippen LogP contribution is -2.52. The van der Waals surface area contributed by atoms with Gasteiger partial charge in [0, 0.05) is 13.1 Å². The molecule has 4 nitrogen and oxygen atoms in total. The molecule has 21 heavy (non-hydrogen) atoms. The maximum atomic E-state index is 13.1. The van der Waals surface area contributed by atoms with Crippen molar-refractivity contribution in [2.75, 3.05) is 19.6 Å². The van der Waals surface area contributed by atoms with Gasteiger partial charge >= 0.3 is 6.18 Å². The summed E-state index contributed by atoms with van der Waals surface area (Å²) in [6.45, 7) is -0.0616. The number of benzene rings is 1. The molecule has 0 radical (unpaired) electrons. The van der Waals surface area contributed by atoms with Crippen LogP contribution in [-0.2, 0) is 11.2 Å². The summed E-state index contributed by atoms with van der Waals surface area (Å²) in [6, 6.07) is 6.32. The van der Waals surface area contributed by atoms with Gasteiger partial charge < -0.3 is 15.7 Å². The monoisotopic (exact) mass is 302 g/mol. The van der Waals surface area contributed by atoms with Crippen molar-refractivity contribution in [2.45, 2.75) is 19.0 Å². The summed E-state index contributed by atoms with van der Waals surface area (Å²) < 4.78 is 39.4. The number of hydrogen-bond acceptors (Lipinski definition) is 3. The quantitative estimate of drug-likeness (QED) is 0.791. The van der Waals surface area contributed by atoms with E-state index in [4.69, 9.17) is 5.11 Å². The van der Waals surface area contributed by atoms with E-state index in [9.17, 15) is 18.0 Å². The highest BCUT2D eigenvalue weighted by Crippen LogP contribution is 2.43. The first-order valence-electron chi connectivity index (χ1n) is 6.69. The third-order valence-electron chi connectivity index (χ3n) is 3.77. The van der Waals surface area contributed by atoms with Gasteiger partial charge in [-0.2, -0.15) is 13.2 Å². The maximum absolute atomic E-state index is 13.1. The van der Waals surface area contributed by atoms with Crippen molar-refractivity contribution in [3.63, 3.8) is 0 Å². The van der Waals surface area contributed by atoms with E-state index in [1.807, 2.05) is 0 Å². The Hall–Kier alpha value is -1.76. The fraction of sp³-hybridized carbons (Fsp3) is 0.500. The summed E-state index contributed by atoms with van der Waals surface area (Å²) in [4.78, 5) is 11.9.